The molecule has 3 aliphatic rings. The molecule has 0 bridgehead atoms. The first-order valence-corrected chi connectivity index (χ1v) is 15.5. The van der Waals surface area contributed by atoms with E-state index in [1.165, 1.54) is 22.1 Å². The number of ether oxygens (including phenoxy) is 2. The van der Waals surface area contributed by atoms with Gasteiger partial charge in [0.15, 0.2) is 17.7 Å². The van der Waals surface area contributed by atoms with Gasteiger partial charge in [0.25, 0.3) is 0 Å². The van der Waals surface area contributed by atoms with Crippen LogP contribution in [0.5, 0.6) is 0 Å². The van der Waals surface area contributed by atoms with Crippen molar-refractivity contribution in [3.63, 3.8) is 0 Å². The van der Waals surface area contributed by atoms with E-state index in [4.69, 9.17) is 26.4 Å². The van der Waals surface area contributed by atoms with Crippen molar-refractivity contribution in [3.05, 3.63) is 12.7 Å². The summed E-state index contributed by atoms with van der Waals surface area (Å²) in [6, 6.07) is -1.59. The highest BCUT2D eigenvalue weighted by Crippen LogP contribution is 2.32. The number of nitrogens with zero attached hydrogens (tertiary/aromatic N) is 7. The fourth-order valence-corrected chi connectivity index (χ4v) is 6.02. The van der Waals surface area contributed by atoms with Crippen LogP contribution in [0.4, 0.5) is 10.6 Å². The third kappa shape index (κ3) is 7.70. The number of urea groups is 1. The van der Waals surface area contributed by atoms with E-state index in [1.807, 2.05) is 4.90 Å². The van der Waals surface area contributed by atoms with Crippen molar-refractivity contribution in [1.82, 2.24) is 39.5 Å². The van der Waals surface area contributed by atoms with Crippen molar-refractivity contribution in [1.29, 1.82) is 5.41 Å². The molecular weight excluding hydrogens is 622 g/mol. The summed E-state index contributed by atoms with van der Waals surface area (Å²) >= 11 is 0. The summed E-state index contributed by atoms with van der Waals surface area (Å²) in [7, 11) is 0. The molecule has 11 N–H and O–H groups in total. The van der Waals surface area contributed by atoms with E-state index in [9.17, 15) is 35.1 Å². The second-order valence-electron chi connectivity index (χ2n) is 12.0. The lowest BCUT2D eigenvalue weighted by Gasteiger charge is -2.39. The van der Waals surface area contributed by atoms with Crippen molar-refractivity contribution in [3.8, 4) is 0 Å². The maximum Gasteiger partial charge on any atom is 0.327 e. The van der Waals surface area contributed by atoms with Gasteiger partial charge in [0, 0.05) is 26.1 Å². The van der Waals surface area contributed by atoms with Crippen molar-refractivity contribution in [2.75, 3.05) is 45.2 Å². The highest BCUT2D eigenvalue weighted by molar-refractivity contribution is 5.96. The molecule has 2 aromatic heterocycles. The number of imidazole rings is 1. The lowest BCUT2D eigenvalue weighted by atomic mass is 10.1. The largest absolute Gasteiger partial charge is 0.480 e. The Kier molecular flexibility index (Phi) is 11.0. The minimum absolute atomic E-state index is 0.0481. The molecule has 47 heavy (non-hydrogen) atoms. The number of carbonyl (C=O) groups is 2. The van der Waals surface area contributed by atoms with Crippen LogP contribution >= 0.6 is 0 Å². The smallest absolute Gasteiger partial charge is 0.327 e. The van der Waals surface area contributed by atoms with Gasteiger partial charge in [-0.2, -0.15) is 0 Å². The Balaban J connectivity index is 1.15. The third-order valence-corrected chi connectivity index (χ3v) is 8.77. The van der Waals surface area contributed by atoms with Crippen molar-refractivity contribution < 1.29 is 44.6 Å². The predicted octanol–water partition coefficient (Wildman–Crippen LogP) is -3.01. The number of aliphatic hydroxyl groups excluding tert-OH is 4. The molecule has 8 atom stereocenters. The molecule has 260 valence electrons. The molecule has 0 radical (unpaired) electrons. The summed E-state index contributed by atoms with van der Waals surface area (Å²) in [5, 5.41) is 61.2. The molecule has 2 amide bonds. The average molecular weight is 666 g/mol. The minimum atomic E-state index is -1.30. The molecule has 0 saturated carbocycles. The predicted molar refractivity (Wildman–Crippen MR) is 162 cm³/mol. The number of carboxylic acids is 1. The SMILES string of the molecule is N=C1NC(=O)N([C@H]2C[C@H](O)[C@@H](CO)O2)CN1CCCCCN(CC[C@H](N)C(=O)O)C[C@H]1O[C@@H](n2cnc3c(N)ncnc32)[C@H](O)[C@@H]1O. The Hall–Kier alpha value is -3.76. The molecule has 3 aliphatic heterocycles. The average Bonchev–Trinajstić information content (AvgIpc) is 3.72. The van der Waals surface area contributed by atoms with Gasteiger partial charge < -0.3 is 56.3 Å². The molecule has 5 heterocycles. The molecule has 0 aliphatic carbocycles. The number of hydrogen-bond donors (Lipinski definition) is 9. The summed E-state index contributed by atoms with van der Waals surface area (Å²) in [6.45, 7) is 1.16. The quantitative estimate of drug-likeness (QED) is 0.0856. The molecule has 0 spiro atoms. The van der Waals surface area contributed by atoms with Crippen LogP contribution in [0.2, 0.25) is 0 Å². The van der Waals surface area contributed by atoms with E-state index in [0.29, 0.717) is 50.1 Å². The number of aromatic nitrogens is 4. The summed E-state index contributed by atoms with van der Waals surface area (Å²) in [6.07, 6.45) is -1.75. The van der Waals surface area contributed by atoms with Crippen LogP contribution in [0.25, 0.3) is 11.2 Å². The van der Waals surface area contributed by atoms with Crippen molar-refractivity contribution in [2.45, 2.75) is 81.1 Å². The first-order valence-electron chi connectivity index (χ1n) is 15.5. The topological polar surface area (TPSA) is 295 Å². The number of guanidine groups is 1. The zero-order chi connectivity index (χ0) is 33.8. The summed E-state index contributed by atoms with van der Waals surface area (Å²) < 4.78 is 13.2. The van der Waals surface area contributed by atoms with Crippen LogP contribution in [0.15, 0.2) is 12.7 Å². The zero-order valence-electron chi connectivity index (χ0n) is 25.7. The van der Waals surface area contributed by atoms with Crippen LogP contribution in [0, 0.1) is 5.41 Å². The maximum atomic E-state index is 12.5. The Morgan fingerprint density at radius 1 is 1.13 bits per heavy atom. The van der Waals surface area contributed by atoms with E-state index >= 15 is 0 Å². The van der Waals surface area contributed by atoms with Crippen molar-refractivity contribution in [2.24, 2.45) is 5.73 Å². The number of nitrogens with two attached hydrogens (primary N) is 2. The lowest BCUT2D eigenvalue weighted by Crippen LogP contribution is -2.62. The van der Waals surface area contributed by atoms with Gasteiger partial charge in [-0.15, -0.1) is 0 Å². The van der Waals surface area contributed by atoms with Gasteiger partial charge in [-0.1, -0.05) is 6.42 Å². The van der Waals surface area contributed by atoms with Crippen LogP contribution in [-0.4, -0.2) is 160 Å². The fourth-order valence-electron chi connectivity index (χ4n) is 6.02. The Bertz CT molecular complexity index is 1420. The Morgan fingerprint density at radius 3 is 2.64 bits per heavy atom. The summed E-state index contributed by atoms with van der Waals surface area (Å²) in [4.78, 5) is 41.1. The number of rotatable bonds is 15. The second kappa shape index (κ2) is 15.0. The van der Waals surface area contributed by atoms with E-state index < -0.39 is 61.0 Å². The number of amides is 2. The number of hydrogen-bond acceptors (Lipinski definition) is 15. The van der Waals surface area contributed by atoms with E-state index in [1.54, 1.807) is 4.90 Å². The van der Waals surface area contributed by atoms with Crippen molar-refractivity contribution >= 4 is 34.9 Å². The second-order valence-corrected chi connectivity index (χ2v) is 12.0. The minimum Gasteiger partial charge on any atom is -0.480 e. The number of aliphatic hydroxyl groups is 4. The highest BCUT2D eigenvalue weighted by Gasteiger charge is 2.45. The normalized spacial score (nSPS) is 28.9. The van der Waals surface area contributed by atoms with E-state index in [-0.39, 0.29) is 44.4 Å². The molecule has 2 aromatic rings. The van der Waals surface area contributed by atoms with E-state index in [2.05, 4.69) is 20.3 Å². The monoisotopic (exact) mass is 665 g/mol. The van der Waals surface area contributed by atoms with Crippen LogP contribution in [-0.2, 0) is 14.3 Å². The number of anilines is 1. The van der Waals surface area contributed by atoms with Gasteiger partial charge in [-0.25, -0.2) is 19.7 Å². The Morgan fingerprint density at radius 2 is 1.91 bits per heavy atom. The number of carboxylic acid groups (broad SMARTS) is 1. The highest BCUT2D eigenvalue weighted by atomic mass is 16.6. The van der Waals surface area contributed by atoms with Gasteiger partial charge in [0.2, 0.25) is 5.96 Å². The number of unbranched alkanes of at least 4 members (excludes halogenated alkanes) is 2. The number of fused-ring (bicyclic) bond motifs is 1. The van der Waals surface area contributed by atoms with Gasteiger partial charge >= 0.3 is 12.0 Å². The van der Waals surface area contributed by atoms with Crippen LogP contribution in [0.3, 0.4) is 0 Å². The van der Waals surface area contributed by atoms with E-state index in [0.717, 1.165) is 0 Å². The molecule has 0 unspecified atom stereocenters. The first kappa shape index (κ1) is 34.6. The van der Waals surface area contributed by atoms with Gasteiger partial charge in [-0.3, -0.25) is 25.0 Å². The van der Waals surface area contributed by atoms with Crippen LogP contribution in [0.1, 0.15) is 38.3 Å². The van der Waals surface area contributed by atoms with Crippen LogP contribution < -0.4 is 16.8 Å². The van der Waals surface area contributed by atoms with Gasteiger partial charge in [0.05, 0.1) is 19.0 Å². The maximum absolute atomic E-state index is 12.5. The molecular formula is C27H43N11O9. The number of carbonyl (C=O) groups excluding carboxylic acids is 1. The lowest BCUT2D eigenvalue weighted by molar-refractivity contribution is -0.138. The number of nitrogens with one attached hydrogen (secondary N) is 2. The van der Waals surface area contributed by atoms with Gasteiger partial charge in [-0.05, 0) is 25.8 Å². The fraction of sp³-hybridized carbons (Fsp3) is 0.704. The van der Waals surface area contributed by atoms with Gasteiger partial charge in [0.1, 0.15) is 55.2 Å². The molecule has 20 nitrogen and oxygen atoms in total. The number of aliphatic carboxylic acids is 1. The number of nitrogen functional groups attached to an aromatic ring is 1. The molecule has 3 saturated heterocycles. The molecule has 0 aromatic carbocycles. The summed E-state index contributed by atoms with van der Waals surface area (Å²) in [5.41, 5.74) is 12.3. The Labute approximate surface area is 269 Å². The standard InChI is InChI=1S/C27H43N11O9/c28-14(25(43)44)4-7-35(9-16-20(41)21(42)24(47-16)37-12-33-19-22(29)31-11-32-23(19)37)5-2-1-3-6-36-13-38(27(45)34-26(36)30)18-8-15(40)17(10-39)46-18/h11-12,14-18,20-21,24,39-42H,1-10,13,28H2,(H,43,44)(H2,29,31,32)(H2,30,34,45)/t14-,15-,16+,17+,18+,20+,21+,24+/m0/s1. The molecule has 5 rings (SSSR count). The molecule has 20 heteroatoms. The summed E-state index contributed by atoms with van der Waals surface area (Å²) in [5.74, 6) is -1.01. The first-order chi connectivity index (χ1) is 22.5. The molecule has 3 fully saturated rings. The zero-order valence-corrected chi connectivity index (χ0v) is 25.7. The third-order valence-electron chi connectivity index (χ3n) is 8.77.